The van der Waals surface area contributed by atoms with Gasteiger partial charge < -0.3 is 0 Å². The lowest BCUT2D eigenvalue weighted by Gasteiger charge is -2.44. The van der Waals surface area contributed by atoms with Crippen LogP contribution in [-0.2, 0) is 0 Å². The number of fused-ring (bicyclic) bond motifs is 7. The highest BCUT2D eigenvalue weighted by Crippen LogP contribution is 2.69. The van der Waals surface area contributed by atoms with Gasteiger partial charge in [-0.05, 0) is 69.6 Å². The van der Waals surface area contributed by atoms with Crippen LogP contribution in [0.5, 0.6) is 0 Å². The van der Waals surface area contributed by atoms with E-state index < -0.39 is 0 Å². The molecular formula is C24H28. The molecule has 0 radical (unpaired) electrons. The molecule has 2 saturated carbocycles. The second-order valence-corrected chi connectivity index (χ2v) is 9.52. The Labute approximate surface area is 146 Å². The summed E-state index contributed by atoms with van der Waals surface area (Å²) in [6.07, 6.45) is 21.5. The van der Waals surface area contributed by atoms with Gasteiger partial charge in [0.1, 0.15) is 0 Å². The summed E-state index contributed by atoms with van der Waals surface area (Å²) in [6.45, 7) is 10.1. The van der Waals surface area contributed by atoms with Gasteiger partial charge >= 0.3 is 0 Å². The summed E-state index contributed by atoms with van der Waals surface area (Å²) in [5.41, 5.74) is 7.21. The fourth-order valence-electron chi connectivity index (χ4n) is 6.65. The number of hydrogen-bond donors (Lipinski definition) is 0. The minimum Gasteiger partial charge on any atom is -0.0839 e. The largest absolute Gasteiger partial charge is 0.0839 e. The molecule has 0 nitrogen and oxygen atoms in total. The summed E-state index contributed by atoms with van der Waals surface area (Å²) in [6, 6.07) is 0. The summed E-state index contributed by atoms with van der Waals surface area (Å²) in [7, 11) is 0. The smallest absolute Gasteiger partial charge is 0.00275 e. The zero-order chi connectivity index (χ0) is 16.7. The highest BCUT2D eigenvalue weighted by molar-refractivity contribution is 5.59. The van der Waals surface area contributed by atoms with Crippen LogP contribution in [0.25, 0.3) is 0 Å². The highest BCUT2D eigenvalue weighted by atomic mass is 14.6. The van der Waals surface area contributed by atoms with Crippen molar-refractivity contribution in [3.05, 3.63) is 70.9 Å². The van der Waals surface area contributed by atoms with E-state index >= 15 is 0 Å². The van der Waals surface area contributed by atoms with Crippen LogP contribution in [0.2, 0.25) is 0 Å². The van der Waals surface area contributed by atoms with Crippen LogP contribution in [0.15, 0.2) is 70.9 Å². The molecule has 4 atom stereocenters. The fourth-order valence-corrected chi connectivity index (χ4v) is 6.65. The second-order valence-electron chi connectivity index (χ2n) is 9.52. The van der Waals surface area contributed by atoms with Gasteiger partial charge in [-0.3, -0.25) is 0 Å². The molecule has 0 aliphatic heterocycles. The van der Waals surface area contributed by atoms with Gasteiger partial charge in [-0.2, -0.15) is 0 Å². The van der Waals surface area contributed by atoms with Crippen molar-refractivity contribution in [2.75, 3.05) is 0 Å². The maximum atomic E-state index is 2.53. The van der Waals surface area contributed by atoms with Gasteiger partial charge in [0.15, 0.2) is 0 Å². The van der Waals surface area contributed by atoms with E-state index in [-0.39, 0.29) is 0 Å². The van der Waals surface area contributed by atoms with Gasteiger partial charge in [-0.15, -0.1) is 0 Å². The van der Waals surface area contributed by atoms with Gasteiger partial charge in [0.25, 0.3) is 0 Å². The predicted molar refractivity (Wildman–Crippen MR) is 101 cm³/mol. The first-order valence-corrected chi connectivity index (χ1v) is 9.60. The Bertz CT molecular complexity index is 720. The van der Waals surface area contributed by atoms with E-state index in [0.717, 1.165) is 0 Å². The molecule has 0 N–H and O–H groups in total. The lowest BCUT2D eigenvalue weighted by atomic mass is 9.59. The van der Waals surface area contributed by atoms with Crippen molar-refractivity contribution in [1.29, 1.82) is 0 Å². The van der Waals surface area contributed by atoms with E-state index in [1.165, 1.54) is 12.8 Å². The molecule has 0 heterocycles. The van der Waals surface area contributed by atoms with E-state index in [2.05, 4.69) is 76.3 Å². The van der Waals surface area contributed by atoms with Gasteiger partial charge in [-0.1, -0.05) is 76.3 Å². The van der Waals surface area contributed by atoms with E-state index in [9.17, 15) is 0 Å². The number of allylic oxidation sites excluding steroid dienone is 12. The first-order valence-electron chi connectivity index (χ1n) is 9.60. The molecule has 4 unspecified atom stereocenters. The number of hydrogen-bond acceptors (Lipinski definition) is 0. The van der Waals surface area contributed by atoms with Crippen LogP contribution < -0.4 is 0 Å². The first kappa shape index (κ1) is 14.8. The zero-order valence-corrected chi connectivity index (χ0v) is 15.3. The van der Waals surface area contributed by atoms with Crippen LogP contribution >= 0.6 is 0 Å². The Kier molecular flexibility index (Phi) is 2.79. The van der Waals surface area contributed by atoms with Crippen molar-refractivity contribution in [1.82, 2.24) is 0 Å². The van der Waals surface area contributed by atoms with E-state index in [1.807, 2.05) is 0 Å². The van der Waals surface area contributed by atoms with Crippen molar-refractivity contribution in [2.24, 2.45) is 34.5 Å². The molecule has 5 aliphatic carbocycles. The van der Waals surface area contributed by atoms with Crippen LogP contribution in [0.4, 0.5) is 0 Å². The third-order valence-corrected chi connectivity index (χ3v) is 7.83. The van der Waals surface area contributed by atoms with Crippen molar-refractivity contribution in [3.8, 4) is 0 Å². The molecule has 0 saturated heterocycles. The Hall–Kier alpha value is -1.56. The minimum absolute atomic E-state index is 0.339. The van der Waals surface area contributed by atoms with E-state index in [1.54, 1.807) is 22.3 Å². The Morgan fingerprint density at radius 3 is 1.46 bits per heavy atom. The molecule has 0 heteroatoms. The molecule has 5 rings (SSSR count). The van der Waals surface area contributed by atoms with Crippen molar-refractivity contribution in [2.45, 2.75) is 40.5 Å². The van der Waals surface area contributed by atoms with Crippen LogP contribution in [0.1, 0.15) is 40.5 Å². The van der Waals surface area contributed by atoms with E-state index in [4.69, 9.17) is 0 Å². The SMILES string of the molecule is CC1(C)C2CC=CC=C2C2=CC=C3C4=CC=CCC4C(C)(C)C3C21. The third-order valence-electron chi connectivity index (χ3n) is 7.83. The topological polar surface area (TPSA) is 0 Å². The molecule has 0 aromatic rings. The molecule has 5 aliphatic rings. The van der Waals surface area contributed by atoms with Crippen molar-refractivity contribution in [3.63, 3.8) is 0 Å². The van der Waals surface area contributed by atoms with Crippen molar-refractivity contribution < 1.29 is 0 Å². The quantitative estimate of drug-likeness (QED) is 0.501. The second kappa shape index (κ2) is 4.54. The molecule has 0 bridgehead atoms. The Balaban J connectivity index is 1.71. The maximum Gasteiger partial charge on any atom is -0.00275 e. The van der Waals surface area contributed by atoms with Crippen LogP contribution in [0.3, 0.4) is 0 Å². The average Bonchev–Trinajstić information content (AvgIpc) is 2.96. The third kappa shape index (κ3) is 1.60. The molecule has 0 spiro atoms. The van der Waals surface area contributed by atoms with Gasteiger partial charge in [0, 0.05) is 0 Å². The summed E-state index contributed by atoms with van der Waals surface area (Å²) in [5, 5.41) is 0. The maximum absolute atomic E-state index is 2.53. The Morgan fingerprint density at radius 2 is 1.04 bits per heavy atom. The molecule has 124 valence electrons. The van der Waals surface area contributed by atoms with Gasteiger partial charge in [-0.25, -0.2) is 0 Å². The predicted octanol–water partition coefficient (Wildman–Crippen LogP) is 6.17. The molecule has 2 fully saturated rings. The lowest BCUT2D eigenvalue weighted by molar-refractivity contribution is 0.0861. The summed E-state index contributed by atoms with van der Waals surface area (Å²) in [5.74, 6) is 2.71. The molecule has 0 aromatic heterocycles. The summed E-state index contributed by atoms with van der Waals surface area (Å²) < 4.78 is 0. The number of rotatable bonds is 0. The monoisotopic (exact) mass is 316 g/mol. The summed E-state index contributed by atoms with van der Waals surface area (Å²) >= 11 is 0. The van der Waals surface area contributed by atoms with Gasteiger partial charge in [0.2, 0.25) is 0 Å². The van der Waals surface area contributed by atoms with E-state index in [0.29, 0.717) is 34.5 Å². The summed E-state index contributed by atoms with van der Waals surface area (Å²) in [4.78, 5) is 0. The fraction of sp³-hybridized carbons (Fsp3) is 0.500. The van der Waals surface area contributed by atoms with Crippen LogP contribution in [-0.4, -0.2) is 0 Å². The zero-order valence-electron chi connectivity index (χ0n) is 15.3. The van der Waals surface area contributed by atoms with Crippen LogP contribution in [0, 0.1) is 34.5 Å². The lowest BCUT2D eigenvalue weighted by Crippen LogP contribution is -2.38. The normalized spacial score (nSPS) is 39.8. The standard InChI is InChI=1S/C24H28/c1-23(2)19-11-7-5-9-15(19)17-13-14-18-16-10-6-8-12-20(16)24(3,4)22(18)21(17)23/h5-10,13-14,19-22H,11-12H2,1-4H3. The van der Waals surface area contributed by atoms with Gasteiger partial charge in [0.05, 0.1) is 0 Å². The van der Waals surface area contributed by atoms with Crippen molar-refractivity contribution >= 4 is 0 Å². The molecule has 0 aromatic carbocycles. The minimum atomic E-state index is 0.339. The molecule has 0 amide bonds. The average molecular weight is 316 g/mol. The Morgan fingerprint density at radius 1 is 0.625 bits per heavy atom. The molecular weight excluding hydrogens is 288 g/mol. The highest BCUT2D eigenvalue weighted by Gasteiger charge is 2.60. The first-order chi connectivity index (χ1) is 11.4. The molecule has 24 heavy (non-hydrogen) atoms.